The Morgan fingerprint density at radius 3 is 1.98 bits per heavy atom. The molecule has 242 valence electrons. The summed E-state index contributed by atoms with van der Waals surface area (Å²) in [5.41, 5.74) is 9.59. The number of para-hydroxylation sites is 2. The van der Waals surface area contributed by atoms with Crippen LogP contribution in [-0.2, 0) is 0 Å². The zero-order chi connectivity index (χ0) is 34.2. The van der Waals surface area contributed by atoms with Gasteiger partial charge in [0.25, 0.3) is 0 Å². The fourth-order valence-corrected chi connectivity index (χ4v) is 8.92. The molecule has 0 aliphatic heterocycles. The molecule has 0 aliphatic rings. The van der Waals surface area contributed by atoms with E-state index in [0.29, 0.717) is 5.82 Å². The molecule has 0 atom stereocenters. The summed E-state index contributed by atoms with van der Waals surface area (Å²) in [6, 6.07) is 57.1. The Kier molecular flexibility index (Phi) is 6.39. The van der Waals surface area contributed by atoms with Crippen molar-refractivity contribution < 1.29 is 4.42 Å². The van der Waals surface area contributed by atoms with Crippen molar-refractivity contribution in [3.63, 3.8) is 0 Å². The first-order chi connectivity index (χ1) is 25.8. The van der Waals surface area contributed by atoms with Crippen LogP contribution in [0.25, 0.3) is 109 Å². The Morgan fingerprint density at radius 2 is 1.12 bits per heavy atom. The number of hydrogen-bond acceptors (Lipinski definition) is 5. The van der Waals surface area contributed by atoms with E-state index in [4.69, 9.17) is 19.4 Å². The largest absolute Gasteiger partial charge is 0.456 e. The van der Waals surface area contributed by atoms with Gasteiger partial charge >= 0.3 is 0 Å². The lowest BCUT2D eigenvalue weighted by Crippen LogP contribution is -1.96. The lowest BCUT2D eigenvalue weighted by molar-refractivity contribution is 0.669. The smallest absolute Gasteiger partial charge is 0.160 e. The molecule has 0 unspecified atom stereocenters. The molecule has 0 saturated heterocycles. The maximum absolute atomic E-state index is 6.29. The average molecular weight is 682 g/mol. The third-order valence-electron chi connectivity index (χ3n) is 10.1. The highest BCUT2D eigenvalue weighted by Gasteiger charge is 2.20. The highest BCUT2D eigenvalue weighted by Crippen LogP contribution is 2.46. The van der Waals surface area contributed by atoms with Gasteiger partial charge in [-0.25, -0.2) is 15.0 Å². The van der Waals surface area contributed by atoms with E-state index < -0.39 is 0 Å². The summed E-state index contributed by atoms with van der Waals surface area (Å²) in [6.07, 6.45) is 0. The molecule has 5 heteroatoms. The first-order valence-electron chi connectivity index (χ1n) is 17.4. The number of hydrogen-bond donors (Lipinski definition) is 0. The van der Waals surface area contributed by atoms with Crippen LogP contribution >= 0.6 is 11.3 Å². The second-order valence-corrected chi connectivity index (χ2v) is 14.2. The van der Waals surface area contributed by atoms with E-state index in [1.807, 2.05) is 47.7 Å². The summed E-state index contributed by atoms with van der Waals surface area (Å²) in [6.45, 7) is 0. The Bertz CT molecular complexity index is 3180. The van der Waals surface area contributed by atoms with Crippen molar-refractivity contribution in [3.05, 3.63) is 164 Å². The van der Waals surface area contributed by atoms with E-state index in [0.717, 1.165) is 77.6 Å². The second-order valence-electron chi connectivity index (χ2n) is 13.1. The van der Waals surface area contributed by atoms with Crippen LogP contribution in [0.5, 0.6) is 0 Å². The minimum atomic E-state index is 0.686. The molecule has 0 bridgehead atoms. The fraction of sp³-hybridized carbons (Fsp3) is 0. The molecule has 7 aromatic carbocycles. The van der Waals surface area contributed by atoms with Gasteiger partial charge in [-0.1, -0.05) is 127 Å². The van der Waals surface area contributed by atoms with E-state index in [9.17, 15) is 0 Å². The predicted octanol–water partition coefficient (Wildman–Crippen LogP) is 13.1. The van der Waals surface area contributed by atoms with Gasteiger partial charge in [0, 0.05) is 69.4 Å². The molecule has 0 saturated carbocycles. The fourth-order valence-electron chi connectivity index (χ4n) is 7.68. The first-order valence-corrected chi connectivity index (χ1v) is 18.2. The second kappa shape index (κ2) is 11.4. The van der Waals surface area contributed by atoms with Crippen LogP contribution in [0.2, 0.25) is 0 Å². The zero-order valence-electron chi connectivity index (χ0n) is 27.7. The molecule has 52 heavy (non-hydrogen) atoms. The summed E-state index contributed by atoms with van der Waals surface area (Å²) < 4.78 is 8.72. The standard InChI is InChI=1S/C47H27N3OS/c1-3-12-28(13-4-1)45-35-24-25-42-44(43(35)33-17-7-9-20-37(33)48-45)36-19-11-18-34(46(36)52-42)39-27-38(49-47(50-39)29-14-5-2-6-15-29)30-22-23-32-31-16-8-10-21-40(31)51-41(32)26-30/h1-27H. The molecule has 4 aromatic heterocycles. The molecule has 11 aromatic rings. The highest BCUT2D eigenvalue weighted by atomic mass is 32.1. The molecule has 0 aliphatic carbocycles. The molecule has 0 N–H and O–H groups in total. The zero-order valence-corrected chi connectivity index (χ0v) is 28.6. The molecule has 0 amide bonds. The minimum absolute atomic E-state index is 0.686. The SMILES string of the molecule is c1ccc(-c2nc(-c3ccc4c(c3)oc3ccccc34)cc(-c3cccc4c3sc3ccc5c(-c6ccccc6)nc6ccccc6c5c34)n2)cc1. The van der Waals surface area contributed by atoms with Crippen LogP contribution in [0.4, 0.5) is 0 Å². The third kappa shape index (κ3) is 4.50. The van der Waals surface area contributed by atoms with Crippen LogP contribution in [0.3, 0.4) is 0 Å². The molecular formula is C47H27N3OS. The molecule has 4 heterocycles. The van der Waals surface area contributed by atoms with Crippen LogP contribution in [0.15, 0.2) is 168 Å². The lowest BCUT2D eigenvalue weighted by Gasteiger charge is -2.12. The summed E-state index contributed by atoms with van der Waals surface area (Å²) in [5, 5.41) is 8.21. The van der Waals surface area contributed by atoms with Gasteiger partial charge in [0.1, 0.15) is 11.2 Å². The number of rotatable bonds is 4. The van der Waals surface area contributed by atoms with Gasteiger partial charge in [-0.05, 0) is 36.4 Å². The van der Waals surface area contributed by atoms with Gasteiger partial charge in [-0.15, -0.1) is 11.3 Å². The Morgan fingerprint density at radius 1 is 0.423 bits per heavy atom. The van der Waals surface area contributed by atoms with Gasteiger partial charge in [-0.3, -0.25) is 0 Å². The molecule has 4 nitrogen and oxygen atoms in total. The van der Waals surface area contributed by atoms with Crippen LogP contribution in [0.1, 0.15) is 0 Å². The normalized spacial score (nSPS) is 11.8. The monoisotopic (exact) mass is 681 g/mol. The van der Waals surface area contributed by atoms with Gasteiger partial charge < -0.3 is 4.42 Å². The maximum atomic E-state index is 6.29. The van der Waals surface area contributed by atoms with Crippen molar-refractivity contribution >= 4 is 75.1 Å². The summed E-state index contributed by atoms with van der Waals surface area (Å²) in [5.74, 6) is 0.686. The number of pyridine rings is 1. The maximum Gasteiger partial charge on any atom is 0.160 e. The molecule has 0 fully saturated rings. The van der Waals surface area contributed by atoms with Gasteiger partial charge in [-0.2, -0.15) is 0 Å². The quantitative estimate of drug-likeness (QED) is 0.174. The van der Waals surface area contributed by atoms with Crippen LogP contribution in [-0.4, -0.2) is 15.0 Å². The number of furan rings is 1. The van der Waals surface area contributed by atoms with Crippen LogP contribution in [0, 0.1) is 0 Å². The third-order valence-corrected chi connectivity index (χ3v) is 11.3. The number of nitrogens with zero attached hydrogens (tertiary/aromatic N) is 3. The van der Waals surface area contributed by atoms with Gasteiger partial charge in [0.05, 0.1) is 22.6 Å². The van der Waals surface area contributed by atoms with Gasteiger partial charge in [0.2, 0.25) is 0 Å². The van der Waals surface area contributed by atoms with E-state index in [-0.39, 0.29) is 0 Å². The Hall–Kier alpha value is -6.69. The van der Waals surface area contributed by atoms with E-state index in [1.165, 1.54) is 25.6 Å². The lowest BCUT2D eigenvalue weighted by atomic mass is 9.95. The number of thiophene rings is 1. The van der Waals surface area contributed by atoms with E-state index in [2.05, 4.69) is 127 Å². The van der Waals surface area contributed by atoms with Crippen molar-refractivity contribution in [2.24, 2.45) is 0 Å². The Balaban J connectivity index is 1.17. The van der Waals surface area contributed by atoms with Crippen LogP contribution < -0.4 is 0 Å². The average Bonchev–Trinajstić information content (AvgIpc) is 3.79. The van der Waals surface area contributed by atoms with E-state index >= 15 is 0 Å². The summed E-state index contributed by atoms with van der Waals surface area (Å²) in [4.78, 5) is 15.6. The predicted molar refractivity (Wildman–Crippen MR) is 217 cm³/mol. The number of fused-ring (bicyclic) bond motifs is 10. The van der Waals surface area contributed by atoms with E-state index in [1.54, 1.807) is 0 Å². The first kappa shape index (κ1) is 29.1. The van der Waals surface area contributed by atoms with Crippen molar-refractivity contribution in [1.29, 1.82) is 0 Å². The van der Waals surface area contributed by atoms with Crippen molar-refractivity contribution in [3.8, 4) is 45.2 Å². The van der Waals surface area contributed by atoms with Crippen molar-refractivity contribution in [2.45, 2.75) is 0 Å². The molecule has 0 radical (unpaired) electrons. The summed E-state index contributed by atoms with van der Waals surface area (Å²) >= 11 is 1.82. The van der Waals surface area contributed by atoms with Crippen molar-refractivity contribution in [2.75, 3.05) is 0 Å². The molecule has 0 spiro atoms. The Labute approximate surface area is 302 Å². The molecule has 11 rings (SSSR count). The highest BCUT2D eigenvalue weighted by molar-refractivity contribution is 7.26. The minimum Gasteiger partial charge on any atom is -0.456 e. The topological polar surface area (TPSA) is 51.8 Å². The number of aromatic nitrogens is 3. The molecular weight excluding hydrogens is 655 g/mol. The summed E-state index contributed by atoms with van der Waals surface area (Å²) in [7, 11) is 0. The number of benzene rings is 7. The van der Waals surface area contributed by atoms with Crippen molar-refractivity contribution in [1.82, 2.24) is 15.0 Å². The van der Waals surface area contributed by atoms with Gasteiger partial charge in [0.15, 0.2) is 5.82 Å².